The third-order valence-electron chi connectivity index (χ3n) is 5.05. The Bertz CT molecular complexity index is 943. The number of benzene rings is 1. The van der Waals surface area contributed by atoms with E-state index in [2.05, 4.69) is 5.32 Å². The molecule has 154 valence electrons. The number of carbonyl (C=O) groups excluding carboxylic acids is 2. The number of aromatic nitrogens is 1. The first kappa shape index (κ1) is 20.6. The number of hydrogen-bond acceptors (Lipinski definition) is 4. The van der Waals surface area contributed by atoms with E-state index in [9.17, 15) is 14.4 Å². The molecule has 1 N–H and O–H groups in total. The molecule has 0 unspecified atom stereocenters. The summed E-state index contributed by atoms with van der Waals surface area (Å²) in [5.41, 5.74) is 1.01. The number of para-hydroxylation sites is 1. The SMILES string of the molecule is Cc1ccccc1OCC(=O)Nc1cc(C(=O)N2CCCCCC2)cn(C)c1=O. The van der Waals surface area contributed by atoms with Gasteiger partial charge in [-0.1, -0.05) is 31.0 Å². The van der Waals surface area contributed by atoms with Crippen molar-refractivity contribution in [1.29, 1.82) is 0 Å². The van der Waals surface area contributed by atoms with E-state index in [4.69, 9.17) is 4.74 Å². The van der Waals surface area contributed by atoms with Gasteiger partial charge in [0, 0.05) is 26.3 Å². The van der Waals surface area contributed by atoms with Gasteiger partial charge in [-0.2, -0.15) is 0 Å². The normalized spacial score (nSPS) is 14.2. The zero-order valence-corrected chi connectivity index (χ0v) is 16.9. The fourth-order valence-electron chi connectivity index (χ4n) is 3.42. The number of aryl methyl sites for hydroxylation is 2. The summed E-state index contributed by atoms with van der Waals surface area (Å²) in [4.78, 5) is 39.4. The summed E-state index contributed by atoms with van der Waals surface area (Å²) >= 11 is 0. The maximum atomic E-state index is 12.9. The van der Waals surface area contributed by atoms with Gasteiger partial charge in [0.25, 0.3) is 17.4 Å². The minimum Gasteiger partial charge on any atom is -0.483 e. The molecule has 0 radical (unpaired) electrons. The van der Waals surface area contributed by atoms with Gasteiger partial charge in [0.05, 0.1) is 5.56 Å². The molecule has 1 aromatic heterocycles. The molecule has 1 fully saturated rings. The number of nitrogens with one attached hydrogen (secondary N) is 1. The van der Waals surface area contributed by atoms with Crippen LogP contribution in [0, 0.1) is 6.92 Å². The van der Waals surface area contributed by atoms with Crippen LogP contribution < -0.4 is 15.6 Å². The van der Waals surface area contributed by atoms with Crippen molar-refractivity contribution in [2.75, 3.05) is 25.0 Å². The predicted molar refractivity (Wildman–Crippen MR) is 111 cm³/mol. The second-order valence-corrected chi connectivity index (χ2v) is 7.37. The molecule has 0 saturated carbocycles. The molecule has 0 bridgehead atoms. The molecule has 7 nitrogen and oxygen atoms in total. The lowest BCUT2D eigenvalue weighted by Gasteiger charge is -2.21. The number of likely N-dealkylation sites (tertiary alicyclic amines) is 1. The number of anilines is 1. The van der Waals surface area contributed by atoms with Crippen LogP contribution in [0.1, 0.15) is 41.6 Å². The number of pyridine rings is 1. The van der Waals surface area contributed by atoms with E-state index in [1.54, 1.807) is 13.1 Å². The van der Waals surface area contributed by atoms with Crippen molar-refractivity contribution in [2.24, 2.45) is 7.05 Å². The first-order chi connectivity index (χ1) is 14.0. The molecular weight excluding hydrogens is 370 g/mol. The molecule has 1 aliphatic rings. The Morgan fingerprint density at radius 2 is 1.79 bits per heavy atom. The molecule has 0 spiro atoms. The maximum Gasteiger partial charge on any atom is 0.274 e. The van der Waals surface area contributed by atoms with Gasteiger partial charge >= 0.3 is 0 Å². The van der Waals surface area contributed by atoms with Crippen LogP contribution in [0.25, 0.3) is 0 Å². The number of rotatable bonds is 5. The smallest absolute Gasteiger partial charge is 0.274 e. The van der Waals surface area contributed by atoms with E-state index in [0.29, 0.717) is 24.4 Å². The molecule has 7 heteroatoms. The van der Waals surface area contributed by atoms with Gasteiger partial charge in [0.15, 0.2) is 6.61 Å². The van der Waals surface area contributed by atoms with Gasteiger partial charge in [0.1, 0.15) is 11.4 Å². The van der Waals surface area contributed by atoms with Gasteiger partial charge in [-0.15, -0.1) is 0 Å². The van der Waals surface area contributed by atoms with E-state index in [1.807, 2.05) is 30.0 Å². The lowest BCUT2D eigenvalue weighted by Crippen LogP contribution is -2.34. The van der Waals surface area contributed by atoms with E-state index < -0.39 is 5.91 Å². The maximum absolute atomic E-state index is 12.9. The average Bonchev–Trinajstić information content (AvgIpc) is 2.99. The fraction of sp³-hybridized carbons (Fsp3) is 0.409. The van der Waals surface area contributed by atoms with E-state index >= 15 is 0 Å². The van der Waals surface area contributed by atoms with E-state index in [0.717, 1.165) is 31.2 Å². The monoisotopic (exact) mass is 397 g/mol. The Labute approximate surface area is 170 Å². The Kier molecular flexibility index (Phi) is 6.69. The summed E-state index contributed by atoms with van der Waals surface area (Å²) in [5.74, 6) is 0.0412. The van der Waals surface area contributed by atoms with Crippen molar-refractivity contribution in [2.45, 2.75) is 32.6 Å². The van der Waals surface area contributed by atoms with Crippen molar-refractivity contribution in [3.63, 3.8) is 0 Å². The fourth-order valence-corrected chi connectivity index (χ4v) is 3.42. The van der Waals surface area contributed by atoms with Crippen molar-refractivity contribution in [1.82, 2.24) is 9.47 Å². The van der Waals surface area contributed by atoms with Gasteiger partial charge in [-0.25, -0.2) is 0 Å². The van der Waals surface area contributed by atoms with Crippen LogP contribution in [0.15, 0.2) is 41.3 Å². The number of ether oxygens (including phenoxy) is 1. The standard InChI is InChI=1S/C22H27N3O4/c1-16-9-5-6-10-19(16)29-15-20(26)23-18-13-17(14-24(2)22(18)28)21(27)25-11-7-3-4-8-12-25/h5-6,9-10,13-14H,3-4,7-8,11-12,15H2,1-2H3,(H,23,26). The summed E-state index contributed by atoms with van der Waals surface area (Å²) in [7, 11) is 1.57. The first-order valence-electron chi connectivity index (χ1n) is 9.94. The molecule has 1 aromatic carbocycles. The number of carbonyl (C=O) groups is 2. The van der Waals surface area contributed by atoms with Crippen LogP contribution >= 0.6 is 0 Å². The minimum atomic E-state index is -0.454. The predicted octanol–water partition coefficient (Wildman–Crippen LogP) is 2.73. The quantitative estimate of drug-likeness (QED) is 0.841. The summed E-state index contributed by atoms with van der Waals surface area (Å²) < 4.78 is 6.85. The molecular formula is C22H27N3O4. The van der Waals surface area contributed by atoms with Gasteiger partial charge < -0.3 is 19.5 Å². The first-order valence-corrected chi connectivity index (χ1v) is 9.94. The molecule has 1 saturated heterocycles. The van der Waals surface area contributed by atoms with Gasteiger partial charge in [-0.3, -0.25) is 14.4 Å². The Morgan fingerprint density at radius 1 is 1.10 bits per heavy atom. The van der Waals surface area contributed by atoms with Crippen LogP contribution in [0.5, 0.6) is 5.75 Å². The van der Waals surface area contributed by atoms with Crippen molar-refractivity contribution in [3.05, 3.63) is 58.0 Å². The molecule has 29 heavy (non-hydrogen) atoms. The van der Waals surface area contributed by atoms with Crippen LogP contribution in [0.4, 0.5) is 5.69 Å². The Hall–Kier alpha value is -3.09. The van der Waals surface area contributed by atoms with E-state index in [-0.39, 0.29) is 23.8 Å². The third kappa shape index (κ3) is 5.25. The highest BCUT2D eigenvalue weighted by Gasteiger charge is 2.20. The van der Waals surface area contributed by atoms with Crippen molar-refractivity contribution in [3.8, 4) is 5.75 Å². The van der Waals surface area contributed by atoms with Crippen molar-refractivity contribution < 1.29 is 14.3 Å². The second-order valence-electron chi connectivity index (χ2n) is 7.37. The average molecular weight is 397 g/mol. The summed E-state index contributed by atoms with van der Waals surface area (Å²) in [6.45, 7) is 3.10. The number of nitrogens with zero attached hydrogens (tertiary/aromatic N) is 2. The largest absolute Gasteiger partial charge is 0.483 e. The topological polar surface area (TPSA) is 80.6 Å². The summed E-state index contributed by atoms with van der Waals surface area (Å²) in [6, 6.07) is 8.84. The lowest BCUT2D eigenvalue weighted by molar-refractivity contribution is -0.118. The van der Waals surface area contributed by atoms with Crippen LogP contribution in [-0.2, 0) is 11.8 Å². The summed E-state index contributed by atoms with van der Waals surface area (Å²) in [6.07, 6.45) is 5.74. The summed E-state index contributed by atoms with van der Waals surface area (Å²) in [5, 5.41) is 2.58. The number of amides is 2. The van der Waals surface area contributed by atoms with Crippen LogP contribution in [0.2, 0.25) is 0 Å². The minimum absolute atomic E-state index is 0.0755. The Balaban J connectivity index is 1.71. The third-order valence-corrected chi connectivity index (χ3v) is 5.05. The molecule has 2 amide bonds. The van der Waals surface area contributed by atoms with Gasteiger partial charge in [-0.05, 0) is 37.5 Å². The van der Waals surface area contributed by atoms with E-state index in [1.165, 1.54) is 16.8 Å². The lowest BCUT2D eigenvalue weighted by atomic mass is 10.2. The van der Waals surface area contributed by atoms with Gasteiger partial charge in [0.2, 0.25) is 0 Å². The number of hydrogen-bond donors (Lipinski definition) is 1. The molecule has 0 atom stereocenters. The molecule has 2 aromatic rings. The highest BCUT2D eigenvalue weighted by atomic mass is 16.5. The molecule has 2 heterocycles. The Morgan fingerprint density at radius 3 is 2.48 bits per heavy atom. The molecule has 0 aliphatic carbocycles. The van der Waals surface area contributed by atoms with Crippen LogP contribution in [-0.4, -0.2) is 41.0 Å². The highest BCUT2D eigenvalue weighted by molar-refractivity contribution is 5.97. The zero-order valence-electron chi connectivity index (χ0n) is 16.9. The molecule has 3 rings (SSSR count). The van der Waals surface area contributed by atoms with Crippen LogP contribution in [0.3, 0.4) is 0 Å². The van der Waals surface area contributed by atoms with Crippen molar-refractivity contribution >= 4 is 17.5 Å². The zero-order chi connectivity index (χ0) is 20.8. The highest BCUT2D eigenvalue weighted by Crippen LogP contribution is 2.17. The molecule has 1 aliphatic heterocycles. The second kappa shape index (κ2) is 9.41.